The van der Waals surface area contributed by atoms with E-state index in [4.69, 9.17) is 4.74 Å². The van der Waals surface area contributed by atoms with Crippen molar-refractivity contribution in [3.8, 4) is 0 Å². The molecule has 0 aliphatic carbocycles. The average molecular weight is 364 g/mol. The molecule has 2 aliphatic rings. The number of ether oxygens (including phenoxy) is 1. The van der Waals surface area contributed by atoms with E-state index in [1.165, 1.54) is 16.7 Å². The van der Waals surface area contributed by atoms with Crippen LogP contribution in [0.4, 0.5) is 4.79 Å². The molecule has 2 heterocycles. The van der Waals surface area contributed by atoms with Crippen LogP contribution in [0, 0.1) is 0 Å². The van der Waals surface area contributed by atoms with Crippen LogP contribution in [-0.4, -0.2) is 29.2 Å². The molecule has 27 heavy (non-hydrogen) atoms. The zero-order valence-electron chi connectivity index (χ0n) is 16.1. The third-order valence-electron chi connectivity index (χ3n) is 5.72. The van der Waals surface area contributed by atoms with Crippen LogP contribution in [0.2, 0.25) is 0 Å². The average Bonchev–Trinajstić information content (AvgIpc) is 2.67. The fourth-order valence-electron chi connectivity index (χ4n) is 4.49. The number of carbonyl (C=O) groups excluding carboxylic acids is 1. The Morgan fingerprint density at radius 1 is 0.963 bits per heavy atom. The van der Waals surface area contributed by atoms with E-state index in [2.05, 4.69) is 55.6 Å². The molecule has 0 spiro atoms. The maximum atomic E-state index is 13.2. The number of amides is 2. The van der Waals surface area contributed by atoms with Gasteiger partial charge < -0.3 is 15.0 Å². The normalized spacial score (nSPS) is 27.7. The Kier molecular flexibility index (Phi) is 5.17. The standard InChI is InChI=1S/C23H28N2O2/c1-16-12-21(13-17(2)27-16)24-23(26)25-15-20-11-7-6-10-19(20)14-22(25)18-8-4-3-5-9-18/h3-11,16-17,21-22H,12-15H2,1-2H3,(H,24,26)/t16-,17+,21?,22-/m1/s1. The Bertz CT molecular complexity index is 782. The first kappa shape index (κ1) is 18.1. The molecule has 2 aliphatic heterocycles. The Hall–Kier alpha value is -2.33. The number of nitrogens with zero attached hydrogens (tertiary/aromatic N) is 1. The Morgan fingerprint density at radius 3 is 2.30 bits per heavy atom. The number of rotatable bonds is 2. The van der Waals surface area contributed by atoms with E-state index in [-0.39, 0.29) is 30.3 Å². The van der Waals surface area contributed by atoms with Gasteiger partial charge in [-0.15, -0.1) is 0 Å². The van der Waals surface area contributed by atoms with Crippen molar-refractivity contribution in [2.45, 2.75) is 63.9 Å². The van der Waals surface area contributed by atoms with Gasteiger partial charge in [-0.3, -0.25) is 0 Å². The van der Waals surface area contributed by atoms with Crippen LogP contribution >= 0.6 is 0 Å². The third-order valence-corrected chi connectivity index (χ3v) is 5.72. The number of benzene rings is 2. The van der Waals surface area contributed by atoms with E-state index in [0.717, 1.165) is 19.3 Å². The highest BCUT2D eigenvalue weighted by Crippen LogP contribution is 2.33. The molecular formula is C23H28N2O2. The molecule has 1 fully saturated rings. The van der Waals surface area contributed by atoms with Crippen LogP contribution in [0.1, 0.15) is 49.4 Å². The van der Waals surface area contributed by atoms with Gasteiger partial charge in [-0.2, -0.15) is 0 Å². The van der Waals surface area contributed by atoms with Gasteiger partial charge in [0.25, 0.3) is 0 Å². The van der Waals surface area contributed by atoms with Crippen LogP contribution in [0.3, 0.4) is 0 Å². The van der Waals surface area contributed by atoms with Crippen molar-refractivity contribution in [3.05, 3.63) is 71.3 Å². The summed E-state index contributed by atoms with van der Waals surface area (Å²) in [6.07, 6.45) is 2.97. The SMILES string of the molecule is C[C@@H]1CC(NC(=O)N2Cc3ccccc3C[C@@H]2c2ccccc2)C[C@H](C)O1. The minimum absolute atomic E-state index is 0.0321. The van der Waals surface area contributed by atoms with E-state index < -0.39 is 0 Å². The zero-order valence-corrected chi connectivity index (χ0v) is 16.1. The maximum Gasteiger partial charge on any atom is 0.318 e. The first-order valence-electron chi connectivity index (χ1n) is 9.94. The van der Waals surface area contributed by atoms with Crippen molar-refractivity contribution in [1.82, 2.24) is 10.2 Å². The zero-order chi connectivity index (χ0) is 18.8. The summed E-state index contributed by atoms with van der Waals surface area (Å²) in [5.74, 6) is 0. The highest BCUT2D eigenvalue weighted by atomic mass is 16.5. The summed E-state index contributed by atoms with van der Waals surface area (Å²) in [7, 11) is 0. The summed E-state index contributed by atoms with van der Waals surface area (Å²) in [6, 6.07) is 19.1. The molecule has 4 rings (SSSR count). The van der Waals surface area contributed by atoms with E-state index in [9.17, 15) is 4.79 Å². The molecular weight excluding hydrogens is 336 g/mol. The molecule has 4 heteroatoms. The molecule has 2 aromatic carbocycles. The van der Waals surface area contributed by atoms with Crippen LogP contribution in [0.25, 0.3) is 0 Å². The van der Waals surface area contributed by atoms with Crippen LogP contribution in [-0.2, 0) is 17.7 Å². The van der Waals surface area contributed by atoms with E-state index in [1.54, 1.807) is 0 Å². The molecule has 2 amide bonds. The summed E-state index contributed by atoms with van der Waals surface area (Å²) in [4.78, 5) is 15.2. The lowest BCUT2D eigenvalue weighted by Gasteiger charge is -2.39. The van der Waals surface area contributed by atoms with Crippen molar-refractivity contribution in [2.75, 3.05) is 0 Å². The van der Waals surface area contributed by atoms with Crippen molar-refractivity contribution < 1.29 is 9.53 Å². The molecule has 4 atom stereocenters. The summed E-state index contributed by atoms with van der Waals surface area (Å²) >= 11 is 0. The third kappa shape index (κ3) is 4.01. The highest BCUT2D eigenvalue weighted by Gasteiger charge is 2.33. The monoisotopic (exact) mass is 364 g/mol. The molecule has 0 saturated carbocycles. The minimum atomic E-state index is 0.0321. The second-order valence-electron chi connectivity index (χ2n) is 7.90. The van der Waals surface area contributed by atoms with Crippen LogP contribution in [0.5, 0.6) is 0 Å². The molecule has 0 bridgehead atoms. The van der Waals surface area contributed by atoms with Crippen LogP contribution < -0.4 is 5.32 Å². The second-order valence-corrected chi connectivity index (χ2v) is 7.90. The van der Waals surface area contributed by atoms with Gasteiger partial charge in [0, 0.05) is 12.6 Å². The molecule has 142 valence electrons. The fraction of sp³-hybridized carbons (Fsp3) is 0.435. The van der Waals surface area contributed by atoms with Crippen molar-refractivity contribution in [1.29, 1.82) is 0 Å². The molecule has 1 unspecified atom stereocenters. The molecule has 2 aromatic rings. The lowest BCUT2D eigenvalue weighted by atomic mass is 9.90. The highest BCUT2D eigenvalue weighted by molar-refractivity contribution is 5.75. The van der Waals surface area contributed by atoms with Gasteiger partial charge in [0.1, 0.15) is 0 Å². The van der Waals surface area contributed by atoms with E-state index in [1.807, 2.05) is 23.1 Å². The predicted octanol–water partition coefficient (Wildman–Crippen LogP) is 4.45. The Balaban J connectivity index is 1.57. The minimum Gasteiger partial charge on any atom is -0.375 e. The lowest BCUT2D eigenvalue weighted by Crippen LogP contribution is -2.51. The van der Waals surface area contributed by atoms with Crippen molar-refractivity contribution >= 4 is 6.03 Å². The number of carbonyl (C=O) groups is 1. The maximum absolute atomic E-state index is 13.2. The van der Waals surface area contributed by atoms with Gasteiger partial charge in [-0.1, -0.05) is 54.6 Å². The second kappa shape index (κ2) is 7.73. The molecule has 0 radical (unpaired) electrons. The molecule has 0 aromatic heterocycles. The van der Waals surface area contributed by atoms with E-state index in [0.29, 0.717) is 6.54 Å². The van der Waals surface area contributed by atoms with Gasteiger partial charge in [0.2, 0.25) is 0 Å². The fourth-order valence-corrected chi connectivity index (χ4v) is 4.49. The topological polar surface area (TPSA) is 41.6 Å². The van der Waals surface area contributed by atoms with Gasteiger partial charge in [0.15, 0.2) is 0 Å². The number of hydrogen-bond donors (Lipinski definition) is 1. The summed E-state index contributed by atoms with van der Waals surface area (Å²) in [5.41, 5.74) is 3.77. The smallest absolute Gasteiger partial charge is 0.318 e. The Morgan fingerprint density at radius 2 is 1.59 bits per heavy atom. The number of nitrogens with one attached hydrogen (secondary N) is 1. The van der Waals surface area contributed by atoms with Crippen LogP contribution in [0.15, 0.2) is 54.6 Å². The van der Waals surface area contributed by atoms with Crippen molar-refractivity contribution in [2.24, 2.45) is 0 Å². The van der Waals surface area contributed by atoms with Gasteiger partial charge in [0.05, 0.1) is 18.2 Å². The summed E-state index contributed by atoms with van der Waals surface area (Å²) in [5, 5.41) is 3.29. The number of hydrogen-bond acceptors (Lipinski definition) is 2. The quantitative estimate of drug-likeness (QED) is 0.855. The lowest BCUT2D eigenvalue weighted by molar-refractivity contribution is -0.0409. The molecule has 4 nitrogen and oxygen atoms in total. The van der Waals surface area contributed by atoms with Gasteiger partial charge in [-0.05, 0) is 49.8 Å². The van der Waals surface area contributed by atoms with E-state index >= 15 is 0 Å². The largest absolute Gasteiger partial charge is 0.375 e. The Labute approximate surface area is 161 Å². The number of urea groups is 1. The van der Waals surface area contributed by atoms with Crippen molar-refractivity contribution in [3.63, 3.8) is 0 Å². The molecule has 1 saturated heterocycles. The predicted molar refractivity (Wildman–Crippen MR) is 106 cm³/mol. The first-order valence-corrected chi connectivity index (χ1v) is 9.94. The summed E-state index contributed by atoms with van der Waals surface area (Å²) in [6.45, 7) is 4.81. The summed E-state index contributed by atoms with van der Waals surface area (Å²) < 4.78 is 5.82. The number of fused-ring (bicyclic) bond motifs is 1. The van der Waals surface area contributed by atoms with Gasteiger partial charge >= 0.3 is 6.03 Å². The van der Waals surface area contributed by atoms with Gasteiger partial charge in [-0.25, -0.2) is 4.79 Å². The first-order chi connectivity index (χ1) is 13.1. The molecule has 1 N–H and O–H groups in total.